The molecule has 1 saturated heterocycles. The number of halogens is 2. The summed E-state index contributed by atoms with van der Waals surface area (Å²) in [6.45, 7) is 5.14. The maximum Gasteiger partial charge on any atom is 0.375 e. The van der Waals surface area contributed by atoms with Gasteiger partial charge in [0.25, 0.3) is 0 Å². The quantitative estimate of drug-likeness (QED) is 0.278. The first kappa shape index (κ1) is 27.5. The van der Waals surface area contributed by atoms with E-state index in [1.165, 1.54) is 6.92 Å². The Balaban J connectivity index is 3.50. The van der Waals surface area contributed by atoms with Crippen LogP contribution in [0.3, 0.4) is 0 Å². The van der Waals surface area contributed by atoms with E-state index in [0.717, 1.165) is 21.0 Å². The van der Waals surface area contributed by atoms with Crippen LogP contribution in [-0.2, 0) is 38.1 Å². The molecular weight excluding hydrogens is 430 g/mol. The number of terminal acetylenes is 1. The minimum atomic E-state index is -3.51. The lowest BCUT2D eigenvalue weighted by atomic mass is 9.74. The van der Waals surface area contributed by atoms with Gasteiger partial charge in [-0.2, -0.15) is 4.39 Å². The lowest BCUT2D eigenvalue weighted by Crippen LogP contribution is -2.63. The van der Waals surface area contributed by atoms with Crippen molar-refractivity contribution in [2.75, 3.05) is 7.11 Å². The molecule has 0 saturated carbocycles. The van der Waals surface area contributed by atoms with Gasteiger partial charge < -0.3 is 18.9 Å². The number of ketones is 1. The Morgan fingerprint density at radius 2 is 1.78 bits per heavy atom. The van der Waals surface area contributed by atoms with E-state index in [0.29, 0.717) is 0 Å². The summed E-state index contributed by atoms with van der Waals surface area (Å²) in [6.07, 6.45) is -1.30. The first-order valence-corrected chi connectivity index (χ1v) is 10.3. The minimum absolute atomic E-state index is 0.000542. The monoisotopic (exact) mass is 460 g/mol. The second kappa shape index (κ2) is 11.9. The maximum atomic E-state index is 15.5. The highest BCUT2D eigenvalue weighted by atomic mass is 19.2. The van der Waals surface area contributed by atoms with Gasteiger partial charge >= 0.3 is 23.8 Å². The van der Waals surface area contributed by atoms with E-state index in [9.17, 15) is 19.2 Å². The third-order valence-electron chi connectivity index (χ3n) is 5.41. The van der Waals surface area contributed by atoms with Crippen LogP contribution in [0, 0.1) is 24.2 Å². The lowest BCUT2D eigenvalue weighted by Gasteiger charge is -2.47. The van der Waals surface area contributed by atoms with E-state index in [-0.39, 0.29) is 31.5 Å². The number of alkyl halides is 2. The molecule has 1 aliphatic rings. The predicted octanol–water partition coefficient (Wildman–Crippen LogP) is 2.46. The highest BCUT2D eigenvalue weighted by Gasteiger charge is 2.62. The molecule has 0 aromatic rings. The molecule has 8 nitrogen and oxygen atoms in total. The molecule has 0 radical (unpaired) electrons. The summed E-state index contributed by atoms with van der Waals surface area (Å²) in [5, 5.41) is 0. The van der Waals surface area contributed by atoms with E-state index in [1.807, 2.05) is 0 Å². The molecule has 0 bridgehead atoms. The van der Waals surface area contributed by atoms with Crippen molar-refractivity contribution >= 4 is 23.7 Å². The van der Waals surface area contributed by atoms with E-state index < -0.39 is 60.1 Å². The van der Waals surface area contributed by atoms with E-state index in [4.69, 9.17) is 20.6 Å². The predicted molar refractivity (Wildman–Crippen MR) is 107 cm³/mol. The summed E-state index contributed by atoms with van der Waals surface area (Å²) >= 11 is 0. The Morgan fingerprint density at radius 1 is 1.19 bits per heavy atom. The molecule has 1 rings (SSSR count). The fourth-order valence-electron chi connectivity index (χ4n) is 3.84. The standard InChI is InChI=1S/C22H30F2O8/c1-7-9-10-15(27)11-16-12(3)20(23)22(24,21(28)29-6)32-18(16)19(31-14(5)26)17(8-2)30-13(4)25/h1,12,16-20H,8-11H2,2-6H3/t12?,16?,17-,18?,19-,20?,22?/m1/s1. The SMILES string of the molecule is C#CCCC(=O)CC1C(C)C(F)C(F)(C(=O)OC)OC1[C@H](OC(C)=O)[C@@H](CC)OC(C)=O. The number of methoxy groups -OCH3 is 1. The van der Waals surface area contributed by atoms with Crippen molar-refractivity contribution in [1.82, 2.24) is 0 Å². The number of carbonyl (C=O) groups is 4. The van der Waals surface area contributed by atoms with Crippen LogP contribution in [0.4, 0.5) is 8.78 Å². The normalized spacial score (nSPS) is 29.2. The summed E-state index contributed by atoms with van der Waals surface area (Å²) in [5.41, 5.74) is 0. The molecular formula is C22H30F2O8. The average molecular weight is 460 g/mol. The molecule has 0 aromatic heterocycles. The van der Waals surface area contributed by atoms with Crippen LogP contribution in [0.1, 0.15) is 53.4 Å². The van der Waals surface area contributed by atoms with Gasteiger partial charge in [-0.25, -0.2) is 9.18 Å². The molecule has 0 aliphatic carbocycles. The Labute approximate surface area is 186 Å². The third-order valence-corrected chi connectivity index (χ3v) is 5.41. The largest absolute Gasteiger partial charge is 0.465 e. The molecule has 32 heavy (non-hydrogen) atoms. The highest BCUT2D eigenvalue weighted by Crippen LogP contribution is 2.45. The summed E-state index contributed by atoms with van der Waals surface area (Å²) in [4.78, 5) is 47.9. The van der Waals surface area contributed by atoms with Gasteiger partial charge in [-0.1, -0.05) is 13.8 Å². The first-order valence-electron chi connectivity index (χ1n) is 10.3. The number of hydrogen-bond donors (Lipinski definition) is 0. The molecule has 0 amide bonds. The molecule has 7 atom stereocenters. The minimum Gasteiger partial charge on any atom is -0.465 e. The van der Waals surface area contributed by atoms with E-state index >= 15 is 8.78 Å². The van der Waals surface area contributed by atoms with Crippen LogP contribution >= 0.6 is 0 Å². The first-order chi connectivity index (χ1) is 14.9. The number of carbonyl (C=O) groups excluding carboxylic acids is 4. The summed E-state index contributed by atoms with van der Waals surface area (Å²) < 4.78 is 50.7. The number of esters is 3. The lowest BCUT2D eigenvalue weighted by molar-refractivity contribution is -0.295. The Morgan fingerprint density at radius 3 is 2.25 bits per heavy atom. The fourth-order valence-corrected chi connectivity index (χ4v) is 3.84. The molecule has 5 unspecified atom stereocenters. The molecule has 0 N–H and O–H groups in total. The summed E-state index contributed by atoms with van der Waals surface area (Å²) in [7, 11) is 0.867. The zero-order chi connectivity index (χ0) is 24.6. The molecule has 1 fully saturated rings. The van der Waals surface area contributed by atoms with Crippen molar-refractivity contribution in [2.24, 2.45) is 11.8 Å². The topological polar surface area (TPSA) is 105 Å². The van der Waals surface area contributed by atoms with Gasteiger partial charge in [0.1, 0.15) is 18.0 Å². The molecule has 0 spiro atoms. The summed E-state index contributed by atoms with van der Waals surface area (Å²) in [5.74, 6) is -6.88. The highest BCUT2D eigenvalue weighted by molar-refractivity contribution is 5.80. The van der Waals surface area contributed by atoms with Crippen molar-refractivity contribution in [2.45, 2.75) is 83.7 Å². The zero-order valence-corrected chi connectivity index (χ0v) is 18.9. The number of hydrogen-bond acceptors (Lipinski definition) is 8. The molecule has 1 heterocycles. The van der Waals surface area contributed by atoms with Gasteiger partial charge in [-0.3, -0.25) is 14.4 Å². The number of rotatable bonds is 10. The van der Waals surface area contributed by atoms with Gasteiger partial charge in [0.15, 0.2) is 12.3 Å². The Kier molecular flexibility index (Phi) is 10.2. The van der Waals surface area contributed by atoms with Crippen LogP contribution in [-0.4, -0.2) is 61.1 Å². The molecule has 180 valence electrons. The van der Waals surface area contributed by atoms with E-state index in [2.05, 4.69) is 10.7 Å². The van der Waals surface area contributed by atoms with Crippen molar-refractivity contribution in [3.05, 3.63) is 0 Å². The van der Waals surface area contributed by atoms with Crippen LogP contribution in [0.2, 0.25) is 0 Å². The van der Waals surface area contributed by atoms with Gasteiger partial charge in [0.2, 0.25) is 0 Å². The Hall–Kier alpha value is -2.54. The van der Waals surface area contributed by atoms with Crippen molar-refractivity contribution in [3.8, 4) is 12.3 Å². The van der Waals surface area contributed by atoms with Crippen LogP contribution in [0.5, 0.6) is 0 Å². The van der Waals surface area contributed by atoms with E-state index in [1.54, 1.807) is 6.92 Å². The molecule has 1 aliphatic heterocycles. The number of Topliss-reactive ketones (excluding diaryl/α,β-unsaturated/α-hetero) is 1. The van der Waals surface area contributed by atoms with Crippen molar-refractivity contribution in [1.29, 1.82) is 0 Å². The smallest absolute Gasteiger partial charge is 0.375 e. The second-order valence-electron chi connectivity index (χ2n) is 7.72. The average Bonchev–Trinajstić information content (AvgIpc) is 2.73. The fraction of sp³-hybridized carbons (Fsp3) is 0.727. The second-order valence-corrected chi connectivity index (χ2v) is 7.72. The van der Waals surface area contributed by atoms with Gasteiger partial charge in [-0.05, 0) is 12.3 Å². The van der Waals surface area contributed by atoms with Crippen LogP contribution < -0.4 is 0 Å². The summed E-state index contributed by atoms with van der Waals surface area (Å²) in [6, 6.07) is 0. The van der Waals surface area contributed by atoms with Crippen molar-refractivity contribution in [3.63, 3.8) is 0 Å². The molecule has 10 heteroatoms. The van der Waals surface area contributed by atoms with Gasteiger partial charge in [-0.15, -0.1) is 12.3 Å². The van der Waals surface area contributed by atoms with Crippen LogP contribution in [0.15, 0.2) is 0 Å². The van der Waals surface area contributed by atoms with Crippen molar-refractivity contribution < 1.29 is 46.9 Å². The number of ether oxygens (including phenoxy) is 4. The van der Waals surface area contributed by atoms with Crippen LogP contribution in [0.25, 0.3) is 0 Å². The Bertz CT molecular complexity index is 749. The van der Waals surface area contributed by atoms with Gasteiger partial charge in [0, 0.05) is 39.0 Å². The van der Waals surface area contributed by atoms with Gasteiger partial charge in [0.05, 0.1) is 7.11 Å². The third kappa shape index (κ3) is 6.48. The maximum absolute atomic E-state index is 15.5. The zero-order valence-electron chi connectivity index (χ0n) is 18.9. The molecule has 0 aromatic carbocycles.